The molecule has 2 aliphatic rings. The Hall–Kier alpha value is -2.67. The largest absolute Gasteiger partial charge is 0.478 e. The van der Waals surface area contributed by atoms with Gasteiger partial charge in [-0.2, -0.15) is 0 Å². The molecule has 1 amide bonds. The second kappa shape index (κ2) is 8.56. The summed E-state index contributed by atoms with van der Waals surface area (Å²) in [7, 11) is 0. The Morgan fingerprint density at radius 2 is 2.00 bits per heavy atom. The van der Waals surface area contributed by atoms with Crippen LogP contribution in [-0.2, 0) is 13.0 Å². The summed E-state index contributed by atoms with van der Waals surface area (Å²) in [6.07, 6.45) is 6.08. The fraction of sp³-hybridized carbons (Fsp3) is 0.476. The lowest BCUT2D eigenvalue weighted by atomic mass is 10.1. The topological polar surface area (TPSA) is 84.6 Å². The van der Waals surface area contributed by atoms with Crippen molar-refractivity contribution in [3.8, 4) is 5.88 Å². The fourth-order valence-corrected chi connectivity index (χ4v) is 3.86. The van der Waals surface area contributed by atoms with Crippen LogP contribution in [0.1, 0.15) is 40.9 Å². The number of nitrogens with zero attached hydrogens (tertiary/aromatic N) is 4. The second-order valence-corrected chi connectivity index (χ2v) is 7.45. The summed E-state index contributed by atoms with van der Waals surface area (Å²) in [6, 6.07) is 7.62. The van der Waals surface area contributed by atoms with Crippen molar-refractivity contribution >= 4 is 11.7 Å². The van der Waals surface area contributed by atoms with E-state index in [1.165, 1.54) is 37.7 Å². The monoisotopic (exact) mass is 381 g/mol. The number of anilines is 1. The SMILES string of the molecule is NC(=O)c1ccc(N2CCc3nc(OCCCN4CCCC4)ccc3C2)nc1. The number of nitrogens with two attached hydrogens (primary N) is 1. The maximum atomic E-state index is 11.2. The Morgan fingerprint density at radius 1 is 1.14 bits per heavy atom. The molecule has 2 aromatic heterocycles. The summed E-state index contributed by atoms with van der Waals surface area (Å²) in [4.78, 5) is 25.0. The summed E-state index contributed by atoms with van der Waals surface area (Å²) >= 11 is 0. The van der Waals surface area contributed by atoms with Crippen LogP contribution in [0.15, 0.2) is 30.5 Å². The van der Waals surface area contributed by atoms with Crippen molar-refractivity contribution in [1.82, 2.24) is 14.9 Å². The van der Waals surface area contributed by atoms with E-state index in [0.29, 0.717) is 12.2 Å². The van der Waals surface area contributed by atoms with Crippen LogP contribution in [0.3, 0.4) is 0 Å². The van der Waals surface area contributed by atoms with E-state index in [0.717, 1.165) is 49.9 Å². The molecule has 148 valence electrons. The van der Waals surface area contributed by atoms with E-state index in [-0.39, 0.29) is 0 Å². The van der Waals surface area contributed by atoms with Gasteiger partial charge in [0.15, 0.2) is 0 Å². The molecule has 28 heavy (non-hydrogen) atoms. The number of rotatable bonds is 7. The zero-order valence-corrected chi connectivity index (χ0v) is 16.1. The quantitative estimate of drug-likeness (QED) is 0.739. The minimum Gasteiger partial charge on any atom is -0.478 e. The van der Waals surface area contributed by atoms with Gasteiger partial charge in [0.2, 0.25) is 11.8 Å². The molecule has 1 saturated heterocycles. The molecule has 0 spiro atoms. The van der Waals surface area contributed by atoms with E-state index in [4.69, 9.17) is 15.5 Å². The molecule has 0 aliphatic carbocycles. The first-order valence-corrected chi connectivity index (χ1v) is 10.0. The van der Waals surface area contributed by atoms with E-state index in [1.807, 2.05) is 12.1 Å². The van der Waals surface area contributed by atoms with E-state index < -0.39 is 5.91 Å². The third-order valence-electron chi connectivity index (χ3n) is 5.45. The highest BCUT2D eigenvalue weighted by atomic mass is 16.5. The molecule has 2 N–H and O–H groups in total. The van der Waals surface area contributed by atoms with Gasteiger partial charge in [0.05, 0.1) is 17.9 Å². The van der Waals surface area contributed by atoms with Crippen LogP contribution in [0.25, 0.3) is 0 Å². The van der Waals surface area contributed by atoms with E-state index in [1.54, 1.807) is 6.07 Å². The first-order valence-electron chi connectivity index (χ1n) is 10.0. The second-order valence-electron chi connectivity index (χ2n) is 7.45. The van der Waals surface area contributed by atoms with Crippen molar-refractivity contribution in [2.75, 3.05) is 37.7 Å². The first kappa shape index (κ1) is 18.7. The molecule has 4 heterocycles. The third-order valence-corrected chi connectivity index (χ3v) is 5.45. The number of fused-ring (bicyclic) bond motifs is 1. The highest BCUT2D eigenvalue weighted by Crippen LogP contribution is 2.24. The van der Waals surface area contributed by atoms with E-state index >= 15 is 0 Å². The predicted octanol–water partition coefficient (Wildman–Crippen LogP) is 2.00. The summed E-state index contributed by atoms with van der Waals surface area (Å²) in [5, 5.41) is 0. The molecule has 0 radical (unpaired) electrons. The smallest absolute Gasteiger partial charge is 0.250 e. The van der Waals surface area contributed by atoms with Crippen LogP contribution in [0.5, 0.6) is 5.88 Å². The highest BCUT2D eigenvalue weighted by Gasteiger charge is 2.19. The van der Waals surface area contributed by atoms with Crippen LogP contribution >= 0.6 is 0 Å². The van der Waals surface area contributed by atoms with Crippen molar-refractivity contribution < 1.29 is 9.53 Å². The Morgan fingerprint density at radius 3 is 2.75 bits per heavy atom. The average Bonchev–Trinajstić information content (AvgIpc) is 3.24. The van der Waals surface area contributed by atoms with Crippen molar-refractivity contribution in [2.24, 2.45) is 5.73 Å². The molecule has 7 heteroatoms. The third kappa shape index (κ3) is 4.42. The molecule has 7 nitrogen and oxygen atoms in total. The van der Waals surface area contributed by atoms with Gasteiger partial charge in [-0.3, -0.25) is 4.79 Å². The maximum Gasteiger partial charge on any atom is 0.250 e. The predicted molar refractivity (Wildman–Crippen MR) is 108 cm³/mol. The normalized spacial score (nSPS) is 16.8. The first-order chi connectivity index (χ1) is 13.7. The summed E-state index contributed by atoms with van der Waals surface area (Å²) in [5.41, 5.74) is 8.00. The number of carbonyl (C=O) groups excluding carboxylic acids is 1. The molecule has 0 atom stereocenters. The molecule has 0 unspecified atom stereocenters. The summed E-state index contributed by atoms with van der Waals surface area (Å²) in [5.74, 6) is 1.11. The minimum atomic E-state index is -0.458. The van der Waals surface area contributed by atoms with Crippen molar-refractivity contribution in [1.29, 1.82) is 0 Å². The number of amides is 1. The van der Waals surface area contributed by atoms with Crippen LogP contribution < -0.4 is 15.4 Å². The van der Waals surface area contributed by atoms with Crippen LogP contribution in [-0.4, -0.2) is 53.6 Å². The van der Waals surface area contributed by atoms with Gasteiger partial charge in [-0.15, -0.1) is 0 Å². The molecule has 2 aromatic rings. The van der Waals surface area contributed by atoms with Gasteiger partial charge in [-0.25, -0.2) is 9.97 Å². The minimum absolute atomic E-state index is 0.425. The van der Waals surface area contributed by atoms with Crippen molar-refractivity contribution in [3.05, 3.63) is 47.3 Å². The van der Waals surface area contributed by atoms with Gasteiger partial charge in [0.25, 0.3) is 0 Å². The zero-order chi connectivity index (χ0) is 19.3. The van der Waals surface area contributed by atoms with E-state index in [2.05, 4.69) is 20.9 Å². The maximum absolute atomic E-state index is 11.2. The Labute approximate surface area is 165 Å². The molecule has 4 rings (SSSR count). The number of pyridine rings is 2. The van der Waals surface area contributed by atoms with Gasteiger partial charge in [-0.05, 0) is 50.0 Å². The molecular formula is C21H27N5O2. The van der Waals surface area contributed by atoms with Gasteiger partial charge in [0, 0.05) is 38.3 Å². The van der Waals surface area contributed by atoms with Gasteiger partial charge in [0.1, 0.15) is 5.82 Å². The van der Waals surface area contributed by atoms with Gasteiger partial charge < -0.3 is 20.3 Å². The highest BCUT2D eigenvalue weighted by molar-refractivity contribution is 5.92. The number of primary amides is 1. The van der Waals surface area contributed by atoms with Crippen molar-refractivity contribution in [3.63, 3.8) is 0 Å². The number of ether oxygens (including phenoxy) is 1. The standard InChI is InChI=1S/C21H27N5O2/c22-21(27)16-4-6-19(23-14-16)26-12-8-18-17(15-26)5-7-20(24-18)28-13-3-11-25-9-1-2-10-25/h4-7,14H,1-3,8-13,15H2,(H2,22,27). The van der Waals surface area contributed by atoms with Crippen LogP contribution in [0, 0.1) is 0 Å². The number of carbonyl (C=O) groups is 1. The molecule has 0 saturated carbocycles. The Balaban J connectivity index is 1.31. The van der Waals surface area contributed by atoms with Crippen molar-refractivity contribution in [2.45, 2.75) is 32.2 Å². The molecule has 1 fully saturated rings. The number of likely N-dealkylation sites (tertiary alicyclic amines) is 1. The lowest BCUT2D eigenvalue weighted by molar-refractivity contribution is 0.1000. The number of hydrogen-bond donors (Lipinski definition) is 1. The number of aromatic nitrogens is 2. The van der Waals surface area contributed by atoms with Crippen LogP contribution in [0.2, 0.25) is 0 Å². The molecule has 0 aromatic carbocycles. The van der Waals surface area contributed by atoms with E-state index in [9.17, 15) is 4.79 Å². The number of hydrogen-bond acceptors (Lipinski definition) is 6. The Bertz CT molecular complexity index is 818. The summed E-state index contributed by atoms with van der Waals surface area (Å²) in [6.45, 7) is 5.87. The van der Waals surface area contributed by atoms with Gasteiger partial charge >= 0.3 is 0 Å². The molecule has 2 aliphatic heterocycles. The van der Waals surface area contributed by atoms with Gasteiger partial charge in [-0.1, -0.05) is 6.07 Å². The lowest BCUT2D eigenvalue weighted by Crippen LogP contribution is -2.31. The molecule has 0 bridgehead atoms. The average molecular weight is 381 g/mol. The molecular weight excluding hydrogens is 354 g/mol. The zero-order valence-electron chi connectivity index (χ0n) is 16.1. The Kier molecular flexibility index (Phi) is 5.71. The lowest BCUT2D eigenvalue weighted by Gasteiger charge is -2.29. The summed E-state index contributed by atoms with van der Waals surface area (Å²) < 4.78 is 5.87. The van der Waals surface area contributed by atoms with Crippen LogP contribution in [0.4, 0.5) is 5.82 Å². The fourth-order valence-electron chi connectivity index (χ4n) is 3.86.